The Bertz CT molecular complexity index is 165. The quantitative estimate of drug-likeness (QED) is 0.424. The highest BCUT2D eigenvalue weighted by atomic mass is 16.1. The molecule has 0 fully saturated rings. The van der Waals surface area contributed by atoms with Crippen LogP contribution in [0, 0.1) is 0 Å². The number of rotatable bonds is 4. The van der Waals surface area contributed by atoms with Crippen molar-refractivity contribution in [1.29, 1.82) is 0 Å². The molecule has 0 spiro atoms. The first-order chi connectivity index (χ1) is 4.81. The van der Waals surface area contributed by atoms with Crippen LogP contribution in [0.5, 0.6) is 0 Å². The van der Waals surface area contributed by atoms with Crippen LogP contribution in [-0.4, -0.2) is 5.78 Å². The van der Waals surface area contributed by atoms with Crippen LogP contribution >= 0.6 is 0 Å². The lowest BCUT2D eigenvalue weighted by Gasteiger charge is -1.76. The normalized spacial score (nSPS) is 10.4. The van der Waals surface area contributed by atoms with Gasteiger partial charge in [-0.1, -0.05) is 37.5 Å². The van der Waals surface area contributed by atoms with E-state index in [0.717, 1.165) is 0 Å². The summed E-state index contributed by atoms with van der Waals surface area (Å²) in [6.45, 7) is 6.86. The second-order valence-corrected chi connectivity index (χ2v) is 1.59. The highest BCUT2D eigenvalue weighted by Crippen LogP contribution is 1.81. The Hall–Kier alpha value is -1.37. The van der Waals surface area contributed by atoms with Gasteiger partial charge >= 0.3 is 0 Å². The summed E-state index contributed by atoms with van der Waals surface area (Å²) in [4.78, 5) is 10.7. The first-order valence-corrected chi connectivity index (χ1v) is 2.93. The van der Waals surface area contributed by atoms with E-state index in [9.17, 15) is 4.79 Å². The van der Waals surface area contributed by atoms with E-state index >= 15 is 0 Å². The van der Waals surface area contributed by atoms with E-state index in [-0.39, 0.29) is 5.78 Å². The maximum atomic E-state index is 10.7. The Morgan fingerprint density at radius 2 is 1.40 bits per heavy atom. The van der Waals surface area contributed by atoms with Gasteiger partial charge in [-0.25, -0.2) is 0 Å². The lowest BCUT2D eigenvalue weighted by Crippen LogP contribution is -1.82. The van der Waals surface area contributed by atoms with E-state index in [1.54, 1.807) is 24.3 Å². The zero-order valence-corrected chi connectivity index (χ0v) is 5.79. The predicted octanol–water partition coefficient (Wildman–Crippen LogP) is 2.04. The lowest BCUT2D eigenvalue weighted by molar-refractivity contribution is -0.110. The molecule has 1 heteroatoms. The molecule has 52 valence electrons. The number of carbonyl (C=O) groups is 1. The van der Waals surface area contributed by atoms with Gasteiger partial charge in [0, 0.05) is 0 Å². The first kappa shape index (κ1) is 8.63. The molecular weight excluding hydrogens is 124 g/mol. The first-order valence-electron chi connectivity index (χ1n) is 2.93. The zero-order valence-electron chi connectivity index (χ0n) is 5.79. The summed E-state index contributed by atoms with van der Waals surface area (Å²) >= 11 is 0. The molecule has 10 heavy (non-hydrogen) atoms. The summed E-state index contributed by atoms with van der Waals surface area (Å²) in [5.74, 6) is -0.0557. The van der Waals surface area contributed by atoms with Crippen LogP contribution in [0.3, 0.4) is 0 Å². The minimum Gasteiger partial charge on any atom is -0.290 e. The number of allylic oxidation sites excluding steroid dienone is 6. The van der Waals surface area contributed by atoms with Crippen LogP contribution in [0.2, 0.25) is 0 Å². The molecule has 0 aliphatic heterocycles. The van der Waals surface area contributed by atoms with Crippen LogP contribution < -0.4 is 0 Å². The van der Waals surface area contributed by atoms with Gasteiger partial charge in [-0.3, -0.25) is 4.79 Å². The fourth-order valence-corrected chi connectivity index (χ4v) is 0.381. The summed E-state index contributed by atoms with van der Waals surface area (Å²) in [5.41, 5.74) is 0. The average molecular weight is 134 g/mol. The van der Waals surface area contributed by atoms with Crippen molar-refractivity contribution in [2.24, 2.45) is 0 Å². The summed E-state index contributed by atoms with van der Waals surface area (Å²) in [7, 11) is 0. The fourth-order valence-electron chi connectivity index (χ4n) is 0.381. The maximum absolute atomic E-state index is 10.7. The highest BCUT2D eigenvalue weighted by molar-refractivity contribution is 5.99. The third-order valence-electron chi connectivity index (χ3n) is 0.793. The Morgan fingerprint density at radius 1 is 1.00 bits per heavy atom. The lowest BCUT2D eigenvalue weighted by atomic mass is 10.3. The van der Waals surface area contributed by atoms with Crippen molar-refractivity contribution in [3.63, 3.8) is 0 Å². The van der Waals surface area contributed by atoms with Crippen molar-refractivity contribution < 1.29 is 4.79 Å². The van der Waals surface area contributed by atoms with Crippen molar-refractivity contribution in [3.05, 3.63) is 49.6 Å². The molecule has 0 unspecified atom stereocenters. The van der Waals surface area contributed by atoms with Crippen LogP contribution in [0.25, 0.3) is 0 Å². The number of ketones is 1. The van der Waals surface area contributed by atoms with E-state index in [4.69, 9.17) is 0 Å². The number of carbonyl (C=O) groups excluding carboxylic acids is 1. The largest absolute Gasteiger partial charge is 0.290 e. The summed E-state index contributed by atoms with van der Waals surface area (Å²) in [6, 6.07) is 0. The van der Waals surface area contributed by atoms with Crippen LogP contribution in [-0.2, 0) is 4.79 Å². The van der Waals surface area contributed by atoms with E-state index in [0.29, 0.717) is 0 Å². The molecule has 0 atom stereocenters. The molecule has 0 aromatic carbocycles. The molecule has 0 heterocycles. The molecule has 0 amide bonds. The average Bonchev–Trinajstić information content (AvgIpc) is 1.97. The van der Waals surface area contributed by atoms with Crippen molar-refractivity contribution in [3.8, 4) is 0 Å². The summed E-state index contributed by atoms with van der Waals surface area (Å²) in [6.07, 6.45) is 9.17. The van der Waals surface area contributed by atoms with Crippen molar-refractivity contribution in [2.45, 2.75) is 0 Å². The van der Waals surface area contributed by atoms with Crippen LogP contribution in [0.4, 0.5) is 0 Å². The van der Waals surface area contributed by atoms with E-state index in [1.165, 1.54) is 12.2 Å². The minimum absolute atomic E-state index is 0.0557. The number of hydrogen-bond acceptors (Lipinski definition) is 1. The van der Waals surface area contributed by atoms with E-state index in [2.05, 4.69) is 13.2 Å². The molecule has 0 saturated carbocycles. The minimum atomic E-state index is -0.0557. The number of hydrogen-bond donors (Lipinski definition) is 0. The second-order valence-electron chi connectivity index (χ2n) is 1.59. The molecule has 0 rings (SSSR count). The second kappa shape index (κ2) is 5.76. The van der Waals surface area contributed by atoms with Crippen molar-refractivity contribution in [1.82, 2.24) is 0 Å². The third-order valence-corrected chi connectivity index (χ3v) is 0.793. The van der Waals surface area contributed by atoms with Gasteiger partial charge in [0.2, 0.25) is 0 Å². The van der Waals surface area contributed by atoms with Gasteiger partial charge < -0.3 is 0 Å². The molecule has 0 radical (unpaired) electrons. The third kappa shape index (κ3) is 4.78. The van der Waals surface area contributed by atoms with E-state index < -0.39 is 0 Å². The summed E-state index contributed by atoms with van der Waals surface area (Å²) < 4.78 is 0. The standard InChI is InChI=1S/C9H10O/c1-3-5-7-9(10)8-6-4-2/h3-8H,1-2H2/b7-5+,8-6+. The van der Waals surface area contributed by atoms with Gasteiger partial charge in [0.25, 0.3) is 0 Å². The predicted molar refractivity (Wildman–Crippen MR) is 43.7 cm³/mol. The fraction of sp³-hybridized carbons (Fsp3) is 0. The Balaban J connectivity index is 3.85. The monoisotopic (exact) mass is 134 g/mol. The molecule has 0 aromatic rings. The Labute approximate surface area is 61.1 Å². The van der Waals surface area contributed by atoms with E-state index in [1.807, 2.05) is 0 Å². The molecule has 0 saturated heterocycles. The van der Waals surface area contributed by atoms with Gasteiger partial charge in [-0.05, 0) is 12.2 Å². The SMILES string of the molecule is C=C/C=C/C(=O)/C=C/C=C. The smallest absolute Gasteiger partial charge is 0.178 e. The molecule has 0 aromatic heterocycles. The van der Waals surface area contributed by atoms with Gasteiger partial charge in [-0.2, -0.15) is 0 Å². The van der Waals surface area contributed by atoms with Gasteiger partial charge in [0.1, 0.15) is 0 Å². The van der Waals surface area contributed by atoms with Crippen molar-refractivity contribution >= 4 is 5.78 Å². The Morgan fingerprint density at radius 3 is 1.70 bits per heavy atom. The molecular formula is C9H10O. The maximum Gasteiger partial charge on any atom is 0.178 e. The molecule has 0 N–H and O–H groups in total. The molecule has 1 nitrogen and oxygen atoms in total. The summed E-state index contributed by atoms with van der Waals surface area (Å²) in [5, 5.41) is 0. The molecule has 0 aliphatic carbocycles. The van der Waals surface area contributed by atoms with Gasteiger partial charge in [0.15, 0.2) is 5.78 Å². The molecule has 0 aliphatic rings. The topological polar surface area (TPSA) is 17.1 Å². The highest BCUT2D eigenvalue weighted by Gasteiger charge is 1.82. The Kier molecular flexibility index (Phi) is 4.97. The molecule has 0 bridgehead atoms. The zero-order chi connectivity index (χ0) is 7.82. The van der Waals surface area contributed by atoms with Crippen LogP contribution in [0.1, 0.15) is 0 Å². The van der Waals surface area contributed by atoms with Crippen LogP contribution in [0.15, 0.2) is 49.6 Å². The van der Waals surface area contributed by atoms with Gasteiger partial charge in [-0.15, -0.1) is 0 Å². The van der Waals surface area contributed by atoms with Crippen molar-refractivity contribution in [2.75, 3.05) is 0 Å². The van der Waals surface area contributed by atoms with Gasteiger partial charge in [0.05, 0.1) is 0 Å².